The standard InChI is InChI=1S/C16H24OSi/c1-13(11-15(3)17)14(2)12-18(4,5)16-9-7-6-8-10-16/h6-10,13H,2,11-12H2,1,3-5H3. The Kier molecular flexibility index (Phi) is 5.09. The monoisotopic (exact) mass is 260 g/mol. The number of carbonyl (C=O) groups is 1. The van der Waals surface area contributed by atoms with Crippen LogP contribution in [0.15, 0.2) is 42.5 Å². The Hall–Kier alpha value is -1.15. The molecule has 1 unspecified atom stereocenters. The predicted octanol–water partition coefficient (Wildman–Crippen LogP) is 3.77. The number of rotatable bonds is 6. The molecule has 1 aromatic rings. The van der Waals surface area contributed by atoms with Gasteiger partial charge in [0.05, 0.1) is 8.07 Å². The molecule has 0 heterocycles. The third-order valence-electron chi connectivity index (χ3n) is 3.51. The number of hydrogen-bond donors (Lipinski definition) is 0. The van der Waals surface area contributed by atoms with Gasteiger partial charge in [0.25, 0.3) is 0 Å². The normalized spacial score (nSPS) is 13.1. The molecule has 0 spiro atoms. The fraction of sp³-hybridized carbons (Fsp3) is 0.438. The lowest BCUT2D eigenvalue weighted by atomic mass is 9.98. The van der Waals surface area contributed by atoms with Gasteiger partial charge in [-0.05, 0) is 18.9 Å². The highest BCUT2D eigenvalue weighted by Gasteiger charge is 2.25. The van der Waals surface area contributed by atoms with Crippen LogP contribution >= 0.6 is 0 Å². The van der Waals surface area contributed by atoms with Gasteiger partial charge in [-0.2, -0.15) is 0 Å². The van der Waals surface area contributed by atoms with Gasteiger partial charge < -0.3 is 4.79 Å². The number of ketones is 1. The Morgan fingerprint density at radius 1 is 1.28 bits per heavy atom. The van der Waals surface area contributed by atoms with E-state index < -0.39 is 8.07 Å². The number of hydrogen-bond acceptors (Lipinski definition) is 1. The summed E-state index contributed by atoms with van der Waals surface area (Å²) in [5.74, 6) is 0.556. The average Bonchev–Trinajstić information content (AvgIpc) is 2.28. The zero-order valence-electron chi connectivity index (χ0n) is 12.0. The SMILES string of the molecule is C=C(C[Si](C)(C)c1ccccc1)C(C)CC(C)=O. The molecule has 18 heavy (non-hydrogen) atoms. The van der Waals surface area contributed by atoms with Crippen molar-refractivity contribution in [2.45, 2.75) is 39.4 Å². The van der Waals surface area contributed by atoms with Gasteiger partial charge in [-0.1, -0.05) is 67.7 Å². The maximum atomic E-state index is 11.2. The quantitative estimate of drug-likeness (QED) is 0.562. The smallest absolute Gasteiger partial charge is 0.130 e. The molecule has 0 radical (unpaired) electrons. The van der Waals surface area contributed by atoms with Crippen LogP contribution in [-0.4, -0.2) is 13.9 Å². The molecule has 1 rings (SSSR count). The summed E-state index contributed by atoms with van der Waals surface area (Å²) >= 11 is 0. The van der Waals surface area contributed by atoms with Crippen molar-refractivity contribution in [2.24, 2.45) is 5.92 Å². The largest absolute Gasteiger partial charge is 0.300 e. The molecule has 2 heteroatoms. The van der Waals surface area contributed by atoms with E-state index in [-0.39, 0.29) is 5.78 Å². The molecule has 0 amide bonds. The van der Waals surface area contributed by atoms with Gasteiger partial charge in [-0.15, -0.1) is 0 Å². The second kappa shape index (κ2) is 6.14. The fourth-order valence-electron chi connectivity index (χ4n) is 2.31. The molecule has 0 aliphatic rings. The van der Waals surface area contributed by atoms with Crippen molar-refractivity contribution in [3.05, 3.63) is 42.5 Å². The van der Waals surface area contributed by atoms with Gasteiger partial charge in [-0.25, -0.2) is 0 Å². The van der Waals surface area contributed by atoms with Crippen molar-refractivity contribution in [2.75, 3.05) is 0 Å². The van der Waals surface area contributed by atoms with E-state index in [2.05, 4.69) is 56.9 Å². The van der Waals surface area contributed by atoms with Crippen molar-refractivity contribution in [1.29, 1.82) is 0 Å². The molecule has 0 N–H and O–H groups in total. The summed E-state index contributed by atoms with van der Waals surface area (Å²) in [4.78, 5) is 11.2. The molecule has 1 nitrogen and oxygen atoms in total. The lowest BCUT2D eigenvalue weighted by Gasteiger charge is -2.26. The molecule has 0 aliphatic carbocycles. The van der Waals surface area contributed by atoms with E-state index in [1.54, 1.807) is 6.92 Å². The Morgan fingerprint density at radius 2 is 1.83 bits per heavy atom. The number of allylic oxidation sites excluding steroid dienone is 1. The lowest BCUT2D eigenvalue weighted by Crippen LogP contribution is -2.41. The maximum Gasteiger partial charge on any atom is 0.130 e. The Balaban J connectivity index is 2.71. The molecule has 0 fully saturated rings. The number of benzene rings is 1. The Labute approximate surface area is 112 Å². The summed E-state index contributed by atoms with van der Waals surface area (Å²) in [5, 5.41) is 1.46. The first-order valence-electron chi connectivity index (χ1n) is 6.55. The van der Waals surface area contributed by atoms with E-state index in [1.807, 2.05) is 0 Å². The van der Waals surface area contributed by atoms with Crippen molar-refractivity contribution >= 4 is 19.0 Å². The molecule has 0 saturated heterocycles. The maximum absolute atomic E-state index is 11.2. The van der Waals surface area contributed by atoms with Crippen LogP contribution in [0.4, 0.5) is 0 Å². The van der Waals surface area contributed by atoms with E-state index in [4.69, 9.17) is 0 Å². The van der Waals surface area contributed by atoms with Gasteiger partial charge in [-0.3, -0.25) is 0 Å². The lowest BCUT2D eigenvalue weighted by molar-refractivity contribution is -0.117. The summed E-state index contributed by atoms with van der Waals surface area (Å²) in [6, 6.07) is 11.8. The minimum Gasteiger partial charge on any atom is -0.300 e. The van der Waals surface area contributed by atoms with Crippen molar-refractivity contribution < 1.29 is 4.79 Å². The minimum absolute atomic E-state index is 0.253. The highest BCUT2D eigenvalue weighted by molar-refractivity contribution is 6.90. The summed E-state index contributed by atoms with van der Waals surface area (Å²) in [6.45, 7) is 12.7. The zero-order valence-corrected chi connectivity index (χ0v) is 13.0. The summed E-state index contributed by atoms with van der Waals surface area (Å²) in [6.07, 6.45) is 0.623. The van der Waals surface area contributed by atoms with Gasteiger partial charge in [0.2, 0.25) is 0 Å². The van der Waals surface area contributed by atoms with Gasteiger partial charge in [0, 0.05) is 6.42 Å². The molecular weight excluding hydrogens is 236 g/mol. The van der Waals surface area contributed by atoms with Gasteiger partial charge >= 0.3 is 0 Å². The number of carbonyl (C=O) groups excluding carboxylic acids is 1. The predicted molar refractivity (Wildman–Crippen MR) is 82.0 cm³/mol. The first kappa shape index (κ1) is 14.9. The van der Waals surface area contributed by atoms with E-state index >= 15 is 0 Å². The topological polar surface area (TPSA) is 17.1 Å². The molecular formula is C16H24OSi. The van der Waals surface area contributed by atoms with Crippen LogP contribution < -0.4 is 5.19 Å². The van der Waals surface area contributed by atoms with Gasteiger partial charge in [0.15, 0.2) is 0 Å². The second-order valence-corrected chi connectivity index (χ2v) is 10.6. The summed E-state index contributed by atoms with van der Waals surface area (Å²) in [7, 11) is -1.47. The third kappa shape index (κ3) is 4.26. The second-order valence-electron chi connectivity index (χ2n) is 5.89. The van der Waals surface area contributed by atoms with E-state index in [9.17, 15) is 4.79 Å². The highest BCUT2D eigenvalue weighted by Crippen LogP contribution is 2.23. The molecule has 0 aromatic heterocycles. The van der Waals surface area contributed by atoms with Crippen LogP contribution in [0.5, 0.6) is 0 Å². The van der Waals surface area contributed by atoms with E-state index in [0.29, 0.717) is 12.3 Å². The van der Waals surface area contributed by atoms with Crippen LogP contribution in [0, 0.1) is 5.92 Å². The molecule has 0 bridgehead atoms. The average molecular weight is 260 g/mol. The van der Waals surface area contributed by atoms with Crippen LogP contribution in [-0.2, 0) is 4.79 Å². The van der Waals surface area contributed by atoms with Crippen molar-refractivity contribution in [3.8, 4) is 0 Å². The molecule has 1 aromatic carbocycles. The molecule has 0 saturated carbocycles. The van der Waals surface area contributed by atoms with Crippen LogP contribution in [0.25, 0.3) is 0 Å². The van der Waals surface area contributed by atoms with Crippen molar-refractivity contribution in [3.63, 3.8) is 0 Å². The summed E-state index contributed by atoms with van der Waals surface area (Å²) < 4.78 is 0. The van der Waals surface area contributed by atoms with E-state index in [0.717, 1.165) is 6.04 Å². The molecule has 1 atom stereocenters. The van der Waals surface area contributed by atoms with Gasteiger partial charge in [0.1, 0.15) is 5.78 Å². The van der Waals surface area contributed by atoms with Crippen LogP contribution in [0.3, 0.4) is 0 Å². The Bertz CT molecular complexity index is 420. The minimum atomic E-state index is -1.47. The third-order valence-corrected chi connectivity index (χ3v) is 6.75. The first-order chi connectivity index (χ1) is 8.33. The van der Waals surface area contributed by atoms with Crippen molar-refractivity contribution in [1.82, 2.24) is 0 Å². The summed E-state index contributed by atoms with van der Waals surface area (Å²) in [5.41, 5.74) is 1.23. The first-order valence-corrected chi connectivity index (χ1v) is 9.76. The molecule has 98 valence electrons. The molecule has 0 aliphatic heterocycles. The highest BCUT2D eigenvalue weighted by atomic mass is 28.3. The number of Topliss-reactive ketones (excluding diaryl/α,β-unsaturated/α-hetero) is 1. The van der Waals surface area contributed by atoms with E-state index in [1.165, 1.54) is 10.8 Å². The van der Waals surface area contributed by atoms with Crippen LogP contribution in [0.1, 0.15) is 20.3 Å². The Morgan fingerprint density at radius 3 is 2.33 bits per heavy atom. The fourth-order valence-corrected chi connectivity index (χ4v) is 5.09. The zero-order chi connectivity index (χ0) is 13.8. The van der Waals surface area contributed by atoms with Crippen LogP contribution in [0.2, 0.25) is 19.1 Å².